The van der Waals surface area contributed by atoms with E-state index in [1.165, 1.54) is 27.4 Å². The summed E-state index contributed by atoms with van der Waals surface area (Å²) in [5.41, 5.74) is 0.743. The third-order valence-electron chi connectivity index (χ3n) is 2.46. The van der Waals surface area contributed by atoms with E-state index < -0.39 is 5.97 Å². The van der Waals surface area contributed by atoms with Crippen LogP contribution < -0.4 is 9.47 Å². The van der Waals surface area contributed by atoms with Crippen LogP contribution in [0.4, 0.5) is 0 Å². The van der Waals surface area contributed by atoms with E-state index in [-0.39, 0.29) is 12.2 Å². The molecule has 108 valence electrons. The van der Waals surface area contributed by atoms with Crippen molar-refractivity contribution in [3.63, 3.8) is 0 Å². The van der Waals surface area contributed by atoms with Crippen molar-refractivity contribution in [2.75, 3.05) is 21.3 Å². The largest absolute Gasteiger partial charge is 0.493 e. The molecule has 0 aliphatic carbocycles. The summed E-state index contributed by atoms with van der Waals surface area (Å²) in [4.78, 5) is 22.4. The highest BCUT2D eigenvalue weighted by molar-refractivity contribution is 9.10. The van der Waals surface area contributed by atoms with Gasteiger partial charge in [0.05, 0.1) is 25.8 Å². The summed E-state index contributed by atoms with van der Waals surface area (Å²) >= 11 is 3.36. The number of esters is 1. The Bertz CT molecular complexity index is 537. The second kappa shape index (κ2) is 7.69. The van der Waals surface area contributed by atoms with Crippen LogP contribution in [0.25, 0.3) is 6.08 Å². The molecule has 0 aromatic heterocycles. The lowest BCUT2D eigenvalue weighted by Crippen LogP contribution is -2.06. The second-order valence-electron chi connectivity index (χ2n) is 3.79. The lowest BCUT2D eigenvalue weighted by Gasteiger charge is -2.10. The maximum absolute atomic E-state index is 11.5. The van der Waals surface area contributed by atoms with Crippen molar-refractivity contribution in [1.82, 2.24) is 0 Å². The number of ether oxygens (including phenoxy) is 3. The molecule has 0 heterocycles. The first-order valence-electron chi connectivity index (χ1n) is 5.71. The van der Waals surface area contributed by atoms with Crippen LogP contribution in [0.1, 0.15) is 12.0 Å². The Balaban J connectivity index is 2.90. The number of halogens is 1. The average Bonchev–Trinajstić information content (AvgIpc) is 2.44. The van der Waals surface area contributed by atoms with Gasteiger partial charge in [-0.15, -0.1) is 0 Å². The lowest BCUT2D eigenvalue weighted by molar-refractivity contribution is -0.142. The van der Waals surface area contributed by atoms with Crippen LogP contribution in [0.15, 0.2) is 22.7 Å². The van der Waals surface area contributed by atoms with E-state index in [0.717, 1.165) is 5.56 Å². The fourth-order valence-corrected chi connectivity index (χ4v) is 2.12. The van der Waals surface area contributed by atoms with Crippen molar-refractivity contribution >= 4 is 33.8 Å². The Labute approximate surface area is 125 Å². The van der Waals surface area contributed by atoms with Crippen molar-refractivity contribution in [2.45, 2.75) is 6.42 Å². The molecule has 5 nitrogen and oxygen atoms in total. The molecule has 20 heavy (non-hydrogen) atoms. The Morgan fingerprint density at radius 3 is 2.45 bits per heavy atom. The Morgan fingerprint density at radius 2 is 1.90 bits per heavy atom. The van der Waals surface area contributed by atoms with E-state index in [0.29, 0.717) is 16.0 Å². The summed E-state index contributed by atoms with van der Waals surface area (Å²) < 4.78 is 15.5. The van der Waals surface area contributed by atoms with E-state index in [1.807, 2.05) is 0 Å². The number of benzene rings is 1. The predicted molar refractivity (Wildman–Crippen MR) is 77.9 cm³/mol. The highest BCUT2D eigenvalue weighted by Gasteiger charge is 2.10. The minimum atomic E-state index is -0.562. The topological polar surface area (TPSA) is 61.8 Å². The number of carbonyl (C=O) groups excluding carboxylic acids is 2. The van der Waals surface area contributed by atoms with Crippen LogP contribution in [-0.2, 0) is 14.3 Å². The van der Waals surface area contributed by atoms with Gasteiger partial charge in [0.1, 0.15) is 6.42 Å². The van der Waals surface area contributed by atoms with Crippen molar-refractivity contribution in [2.24, 2.45) is 0 Å². The third-order valence-corrected chi connectivity index (χ3v) is 3.05. The molecular weight excluding hydrogens is 328 g/mol. The smallest absolute Gasteiger partial charge is 0.313 e. The van der Waals surface area contributed by atoms with Gasteiger partial charge in [0.25, 0.3) is 0 Å². The Morgan fingerprint density at radius 1 is 1.20 bits per heavy atom. The SMILES string of the molecule is COC(=O)CC(=O)C=Cc1cc(Br)c(OC)c(OC)c1. The molecule has 0 bridgehead atoms. The van der Waals surface area contributed by atoms with Crippen LogP contribution in [0.5, 0.6) is 11.5 Å². The minimum Gasteiger partial charge on any atom is -0.493 e. The molecular formula is C14H15BrO5. The van der Waals surface area contributed by atoms with Crippen molar-refractivity contribution in [1.29, 1.82) is 0 Å². The van der Waals surface area contributed by atoms with Crippen molar-refractivity contribution < 1.29 is 23.8 Å². The zero-order valence-electron chi connectivity index (χ0n) is 11.4. The second-order valence-corrected chi connectivity index (χ2v) is 4.65. The number of rotatable bonds is 6. The number of methoxy groups -OCH3 is 3. The standard InChI is InChI=1S/C14H15BrO5/c1-18-12-7-9(6-11(15)14(12)20-3)4-5-10(16)8-13(17)19-2/h4-7H,8H2,1-3H3. The first kappa shape index (κ1) is 16.2. The normalized spacial score (nSPS) is 10.4. The number of carbonyl (C=O) groups is 2. The minimum absolute atomic E-state index is 0.276. The zero-order valence-corrected chi connectivity index (χ0v) is 13.0. The lowest BCUT2D eigenvalue weighted by atomic mass is 10.1. The van der Waals surface area contributed by atoms with Crippen LogP contribution in [-0.4, -0.2) is 33.1 Å². The van der Waals surface area contributed by atoms with Crippen LogP contribution in [0, 0.1) is 0 Å². The first-order valence-corrected chi connectivity index (χ1v) is 6.50. The average molecular weight is 343 g/mol. The summed E-state index contributed by atoms with van der Waals surface area (Å²) in [6.07, 6.45) is 2.64. The number of allylic oxidation sites excluding steroid dienone is 1. The molecule has 1 aromatic carbocycles. The quantitative estimate of drug-likeness (QED) is 0.451. The fourth-order valence-electron chi connectivity index (χ4n) is 1.50. The molecule has 0 N–H and O–H groups in total. The highest BCUT2D eigenvalue weighted by Crippen LogP contribution is 2.36. The maximum Gasteiger partial charge on any atom is 0.313 e. The molecule has 0 atom stereocenters. The molecule has 0 aliphatic heterocycles. The highest BCUT2D eigenvalue weighted by atomic mass is 79.9. The van der Waals surface area contributed by atoms with Crippen LogP contribution in [0.2, 0.25) is 0 Å². The predicted octanol–water partition coefficient (Wildman–Crippen LogP) is 2.61. The number of ketones is 1. The molecule has 0 amide bonds. The first-order chi connectivity index (χ1) is 9.51. The van der Waals surface area contributed by atoms with Gasteiger partial charge in [-0.25, -0.2) is 0 Å². The summed E-state index contributed by atoms with van der Waals surface area (Å²) in [6.45, 7) is 0. The van der Waals surface area contributed by atoms with E-state index in [1.54, 1.807) is 18.2 Å². The molecule has 0 spiro atoms. The molecule has 0 saturated heterocycles. The molecule has 0 radical (unpaired) electrons. The van der Waals surface area contributed by atoms with E-state index in [4.69, 9.17) is 9.47 Å². The molecule has 0 unspecified atom stereocenters. The third kappa shape index (κ3) is 4.38. The van der Waals surface area contributed by atoms with Crippen molar-refractivity contribution in [3.05, 3.63) is 28.2 Å². The van der Waals surface area contributed by atoms with E-state index in [9.17, 15) is 9.59 Å². The summed E-state index contributed by atoms with van der Waals surface area (Å²) in [5, 5.41) is 0. The molecule has 6 heteroatoms. The van der Waals surface area contributed by atoms with E-state index >= 15 is 0 Å². The van der Waals surface area contributed by atoms with Gasteiger partial charge in [0.15, 0.2) is 17.3 Å². The van der Waals surface area contributed by atoms with E-state index in [2.05, 4.69) is 20.7 Å². The van der Waals surface area contributed by atoms with Gasteiger partial charge in [-0.1, -0.05) is 6.08 Å². The molecule has 1 aromatic rings. The van der Waals surface area contributed by atoms with Gasteiger partial charge in [0.2, 0.25) is 0 Å². The van der Waals surface area contributed by atoms with Crippen LogP contribution in [0.3, 0.4) is 0 Å². The van der Waals surface area contributed by atoms with Crippen LogP contribution >= 0.6 is 15.9 Å². The molecule has 0 aliphatic rings. The van der Waals surface area contributed by atoms with Gasteiger partial charge in [-0.3, -0.25) is 9.59 Å². The van der Waals surface area contributed by atoms with Gasteiger partial charge in [-0.05, 0) is 39.7 Å². The van der Waals surface area contributed by atoms with Gasteiger partial charge in [0, 0.05) is 0 Å². The Kier molecular flexibility index (Phi) is 6.24. The maximum atomic E-state index is 11.5. The summed E-state index contributed by atoms with van der Waals surface area (Å²) in [6, 6.07) is 3.51. The monoisotopic (exact) mass is 342 g/mol. The van der Waals surface area contributed by atoms with Crippen molar-refractivity contribution in [3.8, 4) is 11.5 Å². The number of hydrogen-bond acceptors (Lipinski definition) is 5. The zero-order chi connectivity index (χ0) is 15.1. The van der Waals surface area contributed by atoms with Gasteiger partial charge < -0.3 is 14.2 Å². The number of hydrogen-bond donors (Lipinski definition) is 0. The molecule has 1 rings (SSSR count). The molecule has 0 saturated carbocycles. The van der Waals surface area contributed by atoms with Gasteiger partial charge in [-0.2, -0.15) is 0 Å². The fraction of sp³-hybridized carbons (Fsp3) is 0.286. The van der Waals surface area contributed by atoms with Gasteiger partial charge >= 0.3 is 5.97 Å². The molecule has 0 fully saturated rings. The Hall–Kier alpha value is -1.82. The summed E-state index contributed by atoms with van der Waals surface area (Å²) in [7, 11) is 4.31. The summed E-state index contributed by atoms with van der Waals surface area (Å²) in [5.74, 6) is 0.225.